The summed E-state index contributed by atoms with van der Waals surface area (Å²) in [7, 11) is 0. The van der Waals surface area contributed by atoms with E-state index >= 15 is 0 Å². The number of esters is 1. The number of rotatable bonds is 2. The van der Waals surface area contributed by atoms with Crippen molar-refractivity contribution in [2.75, 3.05) is 6.61 Å². The SMILES string of the molecule is O=C1OC(C(O)CO)C(O)=C1O.[Na+]. The minimum atomic E-state index is -1.42. The summed E-state index contributed by atoms with van der Waals surface area (Å²) in [6.07, 6.45) is -2.78. The summed E-state index contributed by atoms with van der Waals surface area (Å²) < 4.78 is 4.32. The van der Waals surface area contributed by atoms with Gasteiger partial charge in [-0.3, -0.25) is 0 Å². The van der Waals surface area contributed by atoms with Crippen LogP contribution in [0.4, 0.5) is 0 Å². The number of aliphatic hydroxyl groups excluding tert-OH is 4. The van der Waals surface area contributed by atoms with Gasteiger partial charge in [-0.05, 0) is 0 Å². The second-order valence-corrected chi connectivity index (χ2v) is 2.31. The summed E-state index contributed by atoms with van der Waals surface area (Å²) in [6.45, 7) is -0.671. The molecular weight excluding hydrogens is 191 g/mol. The Balaban J connectivity index is 0.00000144. The molecule has 4 N–H and O–H groups in total. The summed E-state index contributed by atoms with van der Waals surface area (Å²) in [5.74, 6) is -2.78. The van der Waals surface area contributed by atoms with Crippen molar-refractivity contribution in [2.45, 2.75) is 12.2 Å². The normalized spacial score (nSPS) is 23.8. The largest absolute Gasteiger partial charge is 1.00 e. The molecule has 1 rings (SSSR count). The molecule has 13 heavy (non-hydrogen) atoms. The van der Waals surface area contributed by atoms with Crippen molar-refractivity contribution in [3.8, 4) is 0 Å². The van der Waals surface area contributed by atoms with Crippen molar-refractivity contribution in [1.82, 2.24) is 0 Å². The molecule has 0 fully saturated rings. The van der Waals surface area contributed by atoms with Gasteiger partial charge < -0.3 is 25.2 Å². The van der Waals surface area contributed by atoms with E-state index < -0.39 is 36.3 Å². The molecule has 0 bridgehead atoms. The minimum Gasteiger partial charge on any atom is -0.505 e. The van der Waals surface area contributed by atoms with E-state index in [1.54, 1.807) is 0 Å². The first-order valence-electron chi connectivity index (χ1n) is 3.20. The molecule has 0 spiro atoms. The van der Waals surface area contributed by atoms with E-state index in [1.807, 2.05) is 0 Å². The van der Waals surface area contributed by atoms with Gasteiger partial charge in [-0.15, -0.1) is 0 Å². The van der Waals surface area contributed by atoms with Crippen LogP contribution in [0.2, 0.25) is 0 Å². The van der Waals surface area contributed by atoms with Crippen LogP contribution in [0.15, 0.2) is 11.5 Å². The van der Waals surface area contributed by atoms with Crippen molar-refractivity contribution >= 4 is 5.97 Å². The van der Waals surface area contributed by atoms with Crippen LogP contribution in [0.5, 0.6) is 0 Å². The molecule has 7 heteroatoms. The van der Waals surface area contributed by atoms with Gasteiger partial charge >= 0.3 is 35.5 Å². The molecule has 0 radical (unpaired) electrons. The molecular formula is C6H8NaO6+. The molecule has 0 aliphatic carbocycles. The van der Waals surface area contributed by atoms with Crippen LogP contribution in [0, 0.1) is 0 Å². The Morgan fingerprint density at radius 1 is 1.46 bits per heavy atom. The van der Waals surface area contributed by atoms with E-state index in [2.05, 4.69) is 4.74 Å². The van der Waals surface area contributed by atoms with Crippen molar-refractivity contribution in [1.29, 1.82) is 0 Å². The predicted octanol–water partition coefficient (Wildman–Crippen LogP) is -4.40. The van der Waals surface area contributed by atoms with E-state index in [4.69, 9.17) is 20.4 Å². The molecule has 2 atom stereocenters. The number of ether oxygens (including phenoxy) is 1. The van der Waals surface area contributed by atoms with Crippen LogP contribution in [0.1, 0.15) is 0 Å². The third-order valence-electron chi connectivity index (χ3n) is 1.48. The fraction of sp³-hybridized carbons (Fsp3) is 0.500. The Bertz CT molecular complexity index is 237. The van der Waals surface area contributed by atoms with Gasteiger partial charge in [0.2, 0.25) is 5.76 Å². The van der Waals surface area contributed by atoms with Crippen LogP contribution >= 0.6 is 0 Å². The second-order valence-electron chi connectivity index (χ2n) is 2.31. The molecule has 0 aromatic heterocycles. The molecule has 0 saturated heterocycles. The maximum atomic E-state index is 10.5. The number of carbonyl (C=O) groups is 1. The average Bonchev–Trinajstić information content (AvgIpc) is 2.32. The molecule has 2 unspecified atom stereocenters. The Kier molecular flexibility index (Phi) is 4.72. The zero-order valence-corrected chi connectivity index (χ0v) is 8.97. The maximum Gasteiger partial charge on any atom is 1.00 e. The smallest absolute Gasteiger partial charge is 0.505 e. The molecule has 0 aromatic carbocycles. The molecule has 6 nitrogen and oxygen atoms in total. The van der Waals surface area contributed by atoms with Gasteiger partial charge in [-0.1, -0.05) is 0 Å². The monoisotopic (exact) mass is 199 g/mol. The van der Waals surface area contributed by atoms with Crippen LogP contribution in [0.25, 0.3) is 0 Å². The molecule has 0 aromatic rings. The van der Waals surface area contributed by atoms with Gasteiger partial charge in [0.25, 0.3) is 0 Å². The topological polar surface area (TPSA) is 107 Å². The Hall–Kier alpha value is -0.270. The van der Waals surface area contributed by atoms with Crippen molar-refractivity contribution in [3.05, 3.63) is 11.5 Å². The fourth-order valence-corrected chi connectivity index (χ4v) is 0.823. The van der Waals surface area contributed by atoms with Crippen molar-refractivity contribution in [3.63, 3.8) is 0 Å². The Labute approximate surface area is 95.7 Å². The quantitative estimate of drug-likeness (QED) is 0.264. The van der Waals surface area contributed by atoms with Crippen molar-refractivity contribution in [2.24, 2.45) is 0 Å². The van der Waals surface area contributed by atoms with Gasteiger partial charge in [0.15, 0.2) is 11.9 Å². The zero-order chi connectivity index (χ0) is 9.30. The first-order valence-corrected chi connectivity index (χ1v) is 3.20. The molecule has 1 aliphatic rings. The maximum absolute atomic E-state index is 10.5. The van der Waals surface area contributed by atoms with Crippen LogP contribution in [-0.4, -0.2) is 45.2 Å². The molecule has 68 valence electrons. The zero-order valence-electron chi connectivity index (χ0n) is 6.97. The number of carbonyl (C=O) groups excluding carboxylic acids is 1. The summed E-state index contributed by atoms with van der Waals surface area (Å²) in [5, 5.41) is 35.0. The molecule has 1 heterocycles. The molecule has 0 amide bonds. The third kappa shape index (κ3) is 2.35. The minimum absolute atomic E-state index is 0. The third-order valence-corrected chi connectivity index (χ3v) is 1.48. The van der Waals surface area contributed by atoms with E-state index in [9.17, 15) is 4.79 Å². The summed E-state index contributed by atoms with van der Waals surface area (Å²) in [5.41, 5.74) is 0. The second kappa shape index (κ2) is 4.83. The number of aliphatic hydroxyl groups is 4. The van der Waals surface area contributed by atoms with E-state index in [0.717, 1.165) is 0 Å². The van der Waals surface area contributed by atoms with Crippen molar-refractivity contribution < 1.29 is 59.5 Å². The predicted molar refractivity (Wildman–Crippen MR) is 35.3 cm³/mol. The average molecular weight is 199 g/mol. The van der Waals surface area contributed by atoms with Gasteiger partial charge in [-0.25, -0.2) is 4.79 Å². The van der Waals surface area contributed by atoms with Crippen LogP contribution in [0.3, 0.4) is 0 Å². The molecule has 1 aliphatic heterocycles. The molecule has 0 saturated carbocycles. The van der Waals surface area contributed by atoms with Gasteiger partial charge in [0.1, 0.15) is 6.10 Å². The van der Waals surface area contributed by atoms with Crippen LogP contribution < -0.4 is 29.6 Å². The first kappa shape index (κ1) is 12.7. The summed E-state index contributed by atoms with van der Waals surface area (Å²) in [4.78, 5) is 10.5. The summed E-state index contributed by atoms with van der Waals surface area (Å²) in [6, 6.07) is 0. The van der Waals surface area contributed by atoms with Gasteiger partial charge in [0, 0.05) is 0 Å². The Morgan fingerprint density at radius 3 is 2.31 bits per heavy atom. The Morgan fingerprint density at radius 2 is 2.00 bits per heavy atom. The van der Waals surface area contributed by atoms with E-state index in [-0.39, 0.29) is 29.6 Å². The summed E-state index contributed by atoms with van der Waals surface area (Å²) >= 11 is 0. The standard InChI is InChI=1S/C6H8O6.Na/c7-1-2(8)5-3(9)4(10)6(11)12-5;/h2,5,7-10H,1H2;/q;+1. The number of cyclic esters (lactones) is 1. The first-order chi connectivity index (χ1) is 5.57. The number of hydrogen-bond donors (Lipinski definition) is 4. The van der Waals surface area contributed by atoms with E-state index in [1.165, 1.54) is 0 Å². The van der Waals surface area contributed by atoms with E-state index in [0.29, 0.717) is 0 Å². The number of hydrogen-bond acceptors (Lipinski definition) is 6. The van der Waals surface area contributed by atoms with Gasteiger partial charge in [-0.2, -0.15) is 0 Å². The fourth-order valence-electron chi connectivity index (χ4n) is 0.823. The van der Waals surface area contributed by atoms with Gasteiger partial charge in [0.05, 0.1) is 6.61 Å². The van der Waals surface area contributed by atoms with Crippen LogP contribution in [-0.2, 0) is 9.53 Å².